The van der Waals surface area contributed by atoms with Gasteiger partial charge in [-0.05, 0) is 31.9 Å². The lowest BCUT2D eigenvalue weighted by Crippen LogP contribution is -2.37. The molecule has 2 aromatic heterocycles. The normalized spacial score (nSPS) is 12.3. The molecule has 6 nitrogen and oxygen atoms in total. The third kappa shape index (κ3) is 3.24. The van der Waals surface area contributed by atoms with Crippen molar-refractivity contribution in [1.29, 1.82) is 0 Å². The first-order valence-electron chi connectivity index (χ1n) is 8.42. The number of aryl methyl sites for hydroxylation is 2. The molecular formula is C19H20ClN3O3. The highest BCUT2D eigenvalue weighted by atomic mass is 35.5. The van der Waals surface area contributed by atoms with Gasteiger partial charge < -0.3 is 9.73 Å². The fourth-order valence-corrected chi connectivity index (χ4v) is 3.12. The van der Waals surface area contributed by atoms with E-state index in [1.165, 1.54) is 10.9 Å². The van der Waals surface area contributed by atoms with Gasteiger partial charge in [0.15, 0.2) is 0 Å². The Balaban J connectivity index is 1.89. The topological polar surface area (TPSA) is 77.1 Å². The average Bonchev–Trinajstić information content (AvgIpc) is 2.92. The van der Waals surface area contributed by atoms with Crippen LogP contribution in [0.2, 0.25) is 5.02 Å². The summed E-state index contributed by atoms with van der Waals surface area (Å²) in [5, 5.41) is 3.86. The molecule has 26 heavy (non-hydrogen) atoms. The molecule has 1 aromatic carbocycles. The van der Waals surface area contributed by atoms with Crippen molar-refractivity contribution in [2.45, 2.75) is 39.8 Å². The molecule has 1 N–H and O–H groups in total. The first kappa shape index (κ1) is 18.2. The van der Waals surface area contributed by atoms with Crippen LogP contribution in [0, 0.1) is 13.8 Å². The molecule has 0 spiro atoms. The lowest BCUT2D eigenvalue weighted by molar-refractivity contribution is -0.124. The van der Waals surface area contributed by atoms with Crippen LogP contribution in [0.15, 0.2) is 39.8 Å². The number of hydrogen-bond donors (Lipinski definition) is 1. The molecule has 0 aliphatic carbocycles. The van der Waals surface area contributed by atoms with Gasteiger partial charge in [-0.2, -0.15) is 0 Å². The number of aromatic nitrogens is 2. The van der Waals surface area contributed by atoms with Gasteiger partial charge in [0.1, 0.15) is 23.5 Å². The lowest BCUT2D eigenvalue weighted by Gasteiger charge is -2.17. The van der Waals surface area contributed by atoms with Crippen LogP contribution < -0.4 is 10.9 Å². The molecule has 0 aliphatic heterocycles. The monoisotopic (exact) mass is 373 g/mol. The Bertz CT molecular complexity index is 1020. The maximum absolute atomic E-state index is 12.9. The standard InChI is InChI=1S/C19H20ClN3O3/c1-4-15(17(24)21-9-13-7-5-6-8-14(13)20)23-10-22-18-16(19(23)25)11(2)12(3)26-18/h5-8,10,15H,4,9H2,1-3H3,(H,21,24). The predicted molar refractivity (Wildman–Crippen MR) is 100 cm³/mol. The maximum atomic E-state index is 12.9. The number of benzene rings is 1. The van der Waals surface area contributed by atoms with Crippen molar-refractivity contribution in [2.24, 2.45) is 0 Å². The molecule has 3 aromatic rings. The highest BCUT2D eigenvalue weighted by Crippen LogP contribution is 2.21. The number of rotatable bonds is 5. The molecule has 1 atom stereocenters. The van der Waals surface area contributed by atoms with E-state index < -0.39 is 6.04 Å². The molecule has 0 saturated heterocycles. The maximum Gasteiger partial charge on any atom is 0.265 e. The summed E-state index contributed by atoms with van der Waals surface area (Å²) in [5.41, 5.74) is 1.59. The molecule has 0 bridgehead atoms. The molecule has 0 fully saturated rings. The molecular weight excluding hydrogens is 354 g/mol. The van der Waals surface area contributed by atoms with Crippen molar-refractivity contribution in [3.05, 3.63) is 62.9 Å². The van der Waals surface area contributed by atoms with E-state index in [9.17, 15) is 9.59 Å². The van der Waals surface area contributed by atoms with Crippen LogP contribution in [0.4, 0.5) is 0 Å². The van der Waals surface area contributed by atoms with Gasteiger partial charge in [-0.3, -0.25) is 14.2 Å². The van der Waals surface area contributed by atoms with Crippen LogP contribution in [-0.2, 0) is 11.3 Å². The van der Waals surface area contributed by atoms with E-state index in [1.807, 2.05) is 32.0 Å². The second-order valence-corrected chi connectivity index (χ2v) is 6.56. The number of halogens is 1. The van der Waals surface area contributed by atoms with Crippen LogP contribution in [-0.4, -0.2) is 15.5 Å². The number of carbonyl (C=O) groups excluding carboxylic acids is 1. The molecule has 1 unspecified atom stereocenters. The molecule has 0 radical (unpaired) electrons. The van der Waals surface area contributed by atoms with Crippen LogP contribution >= 0.6 is 11.6 Å². The summed E-state index contributed by atoms with van der Waals surface area (Å²) in [6, 6.07) is 6.65. The second-order valence-electron chi connectivity index (χ2n) is 6.15. The van der Waals surface area contributed by atoms with Crippen molar-refractivity contribution in [3.63, 3.8) is 0 Å². The van der Waals surface area contributed by atoms with E-state index in [-0.39, 0.29) is 11.5 Å². The van der Waals surface area contributed by atoms with Gasteiger partial charge in [0.25, 0.3) is 5.56 Å². The number of amides is 1. The Hall–Kier alpha value is -2.60. The second kappa shape index (κ2) is 7.33. The summed E-state index contributed by atoms with van der Waals surface area (Å²) >= 11 is 6.12. The zero-order chi connectivity index (χ0) is 18.8. The Morgan fingerprint density at radius 1 is 1.35 bits per heavy atom. The summed E-state index contributed by atoms with van der Waals surface area (Å²) in [7, 11) is 0. The smallest absolute Gasteiger partial charge is 0.265 e. The van der Waals surface area contributed by atoms with Crippen LogP contribution in [0.5, 0.6) is 0 Å². The molecule has 0 aliphatic rings. The Kier molecular flexibility index (Phi) is 5.13. The molecule has 136 valence electrons. The summed E-state index contributed by atoms with van der Waals surface area (Å²) < 4.78 is 6.85. The van der Waals surface area contributed by atoms with E-state index in [1.54, 1.807) is 13.0 Å². The zero-order valence-corrected chi connectivity index (χ0v) is 15.6. The SMILES string of the molecule is CCC(C(=O)NCc1ccccc1Cl)n1cnc2oc(C)c(C)c2c1=O. The Morgan fingerprint density at radius 2 is 2.08 bits per heavy atom. The largest absolute Gasteiger partial charge is 0.443 e. The van der Waals surface area contributed by atoms with E-state index >= 15 is 0 Å². The van der Waals surface area contributed by atoms with Crippen molar-refractivity contribution in [3.8, 4) is 0 Å². The van der Waals surface area contributed by atoms with Crippen molar-refractivity contribution >= 4 is 28.6 Å². The molecule has 0 saturated carbocycles. The van der Waals surface area contributed by atoms with Gasteiger partial charge >= 0.3 is 0 Å². The van der Waals surface area contributed by atoms with Gasteiger partial charge in [-0.1, -0.05) is 36.7 Å². The zero-order valence-electron chi connectivity index (χ0n) is 14.9. The average molecular weight is 374 g/mol. The molecule has 7 heteroatoms. The van der Waals surface area contributed by atoms with Crippen molar-refractivity contribution < 1.29 is 9.21 Å². The highest BCUT2D eigenvalue weighted by Gasteiger charge is 2.23. The van der Waals surface area contributed by atoms with E-state index in [0.29, 0.717) is 34.8 Å². The Labute approximate surface area is 155 Å². The number of hydrogen-bond acceptors (Lipinski definition) is 4. The molecule has 3 rings (SSSR count). The fourth-order valence-electron chi connectivity index (χ4n) is 2.92. The summed E-state index contributed by atoms with van der Waals surface area (Å²) in [6.07, 6.45) is 1.83. The summed E-state index contributed by atoms with van der Waals surface area (Å²) in [4.78, 5) is 29.7. The van der Waals surface area contributed by atoms with Gasteiger partial charge in [0, 0.05) is 17.1 Å². The van der Waals surface area contributed by atoms with Gasteiger partial charge in [-0.25, -0.2) is 4.98 Å². The number of furan rings is 1. The minimum atomic E-state index is -0.656. The summed E-state index contributed by atoms with van der Waals surface area (Å²) in [6.45, 7) is 5.74. The van der Waals surface area contributed by atoms with Crippen LogP contribution in [0.1, 0.15) is 36.3 Å². The quantitative estimate of drug-likeness (QED) is 0.742. The van der Waals surface area contributed by atoms with Crippen LogP contribution in [0.25, 0.3) is 11.1 Å². The third-order valence-corrected chi connectivity index (χ3v) is 4.92. The first-order chi connectivity index (χ1) is 12.4. The van der Waals surface area contributed by atoms with Crippen LogP contribution in [0.3, 0.4) is 0 Å². The number of nitrogens with zero attached hydrogens (tertiary/aromatic N) is 2. The fraction of sp³-hybridized carbons (Fsp3) is 0.316. The number of nitrogens with one attached hydrogen (secondary N) is 1. The van der Waals surface area contributed by atoms with E-state index in [2.05, 4.69) is 10.3 Å². The van der Waals surface area contributed by atoms with Gasteiger partial charge in [-0.15, -0.1) is 0 Å². The van der Waals surface area contributed by atoms with Crippen molar-refractivity contribution in [1.82, 2.24) is 14.9 Å². The molecule has 1 amide bonds. The third-order valence-electron chi connectivity index (χ3n) is 4.55. The summed E-state index contributed by atoms with van der Waals surface area (Å²) in [5.74, 6) is 0.395. The number of carbonyl (C=O) groups is 1. The Morgan fingerprint density at radius 3 is 2.77 bits per heavy atom. The van der Waals surface area contributed by atoms with E-state index in [0.717, 1.165) is 11.1 Å². The lowest BCUT2D eigenvalue weighted by atomic mass is 10.1. The van der Waals surface area contributed by atoms with Gasteiger partial charge in [0.2, 0.25) is 11.6 Å². The highest BCUT2D eigenvalue weighted by molar-refractivity contribution is 6.31. The number of fused-ring (bicyclic) bond motifs is 1. The minimum absolute atomic E-state index is 0.256. The molecule has 2 heterocycles. The van der Waals surface area contributed by atoms with Gasteiger partial charge in [0.05, 0.1) is 0 Å². The minimum Gasteiger partial charge on any atom is -0.443 e. The predicted octanol–water partition coefficient (Wildman–Crippen LogP) is 3.53. The first-order valence-corrected chi connectivity index (χ1v) is 8.79. The van der Waals surface area contributed by atoms with E-state index in [4.69, 9.17) is 16.0 Å². The van der Waals surface area contributed by atoms with Crippen molar-refractivity contribution in [2.75, 3.05) is 0 Å².